The molecule has 4 nitrogen and oxygen atoms in total. The van der Waals surface area contributed by atoms with E-state index in [1.54, 1.807) is 6.20 Å². The lowest BCUT2D eigenvalue weighted by molar-refractivity contribution is 0.0724. The molecule has 2 aromatic rings. The molecule has 0 aliphatic carbocycles. The maximum absolute atomic E-state index is 12.2. The van der Waals surface area contributed by atoms with Crippen LogP contribution >= 0.6 is 0 Å². The molecule has 88 valence electrons. The predicted octanol–water partition coefficient (Wildman–Crippen LogP) is 2.19. The maximum Gasteiger partial charge on any atom is 0.255 e. The quantitative estimate of drug-likeness (QED) is 0.814. The van der Waals surface area contributed by atoms with Gasteiger partial charge in [0.25, 0.3) is 5.91 Å². The van der Waals surface area contributed by atoms with E-state index in [2.05, 4.69) is 9.97 Å². The van der Waals surface area contributed by atoms with Crippen LogP contribution in [0.1, 0.15) is 29.6 Å². The first-order valence-electron chi connectivity index (χ1n) is 6.07. The van der Waals surface area contributed by atoms with Crippen molar-refractivity contribution >= 4 is 16.9 Å². The lowest BCUT2D eigenvalue weighted by atomic mass is 10.1. The van der Waals surface area contributed by atoms with Gasteiger partial charge in [0.2, 0.25) is 0 Å². The van der Waals surface area contributed by atoms with E-state index in [0.717, 1.165) is 37.0 Å². The van der Waals surface area contributed by atoms with E-state index in [4.69, 9.17) is 0 Å². The third-order valence-electron chi connectivity index (χ3n) is 3.29. The lowest BCUT2D eigenvalue weighted by Crippen LogP contribution is -2.35. The summed E-state index contributed by atoms with van der Waals surface area (Å²) in [5.41, 5.74) is 1.53. The van der Waals surface area contributed by atoms with Crippen LogP contribution in [0, 0.1) is 0 Å². The van der Waals surface area contributed by atoms with Crippen molar-refractivity contribution in [3.8, 4) is 0 Å². The number of pyridine rings is 1. The van der Waals surface area contributed by atoms with Gasteiger partial charge < -0.3 is 9.88 Å². The van der Waals surface area contributed by atoms with Crippen molar-refractivity contribution in [1.82, 2.24) is 14.9 Å². The lowest BCUT2D eigenvalue weighted by Gasteiger charge is -2.26. The number of nitrogens with one attached hydrogen (secondary N) is 1. The molecule has 3 rings (SSSR count). The minimum atomic E-state index is 0.111. The molecule has 0 radical (unpaired) electrons. The molecule has 1 N–H and O–H groups in total. The van der Waals surface area contributed by atoms with Crippen LogP contribution in [0.5, 0.6) is 0 Å². The Morgan fingerprint density at radius 1 is 1.29 bits per heavy atom. The van der Waals surface area contributed by atoms with Gasteiger partial charge in [0.15, 0.2) is 0 Å². The van der Waals surface area contributed by atoms with E-state index in [1.165, 1.54) is 6.42 Å². The second kappa shape index (κ2) is 4.20. The van der Waals surface area contributed by atoms with E-state index in [0.29, 0.717) is 5.56 Å². The summed E-state index contributed by atoms with van der Waals surface area (Å²) in [4.78, 5) is 21.5. The van der Waals surface area contributed by atoms with Crippen LogP contribution in [-0.2, 0) is 0 Å². The van der Waals surface area contributed by atoms with Gasteiger partial charge in [-0.3, -0.25) is 4.79 Å². The number of fused-ring (bicyclic) bond motifs is 1. The normalized spacial score (nSPS) is 16.4. The highest BCUT2D eigenvalue weighted by Gasteiger charge is 2.18. The molecular formula is C13H15N3O. The Morgan fingerprint density at radius 3 is 2.94 bits per heavy atom. The summed E-state index contributed by atoms with van der Waals surface area (Å²) in [5, 5.41) is 0.993. The van der Waals surface area contributed by atoms with Gasteiger partial charge in [0.05, 0.1) is 5.56 Å². The molecular weight excluding hydrogens is 214 g/mol. The Kier molecular flexibility index (Phi) is 2.55. The number of hydrogen-bond acceptors (Lipinski definition) is 2. The van der Waals surface area contributed by atoms with Gasteiger partial charge in [-0.1, -0.05) is 0 Å². The van der Waals surface area contributed by atoms with Gasteiger partial charge in [-0.15, -0.1) is 0 Å². The second-order valence-electron chi connectivity index (χ2n) is 4.49. The molecule has 1 amide bonds. The van der Waals surface area contributed by atoms with Crippen molar-refractivity contribution < 1.29 is 4.79 Å². The topological polar surface area (TPSA) is 49.0 Å². The SMILES string of the molecule is O=C(c1cnc2[nH]ccc2c1)N1CCCCC1. The monoisotopic (exact) mass is 229 g/mol. The molecule has 0 aromatic carbocycles. The molecule has 0 unspecified atom stereocenters. The smallest absolute Gasteiger partial charge is 0.255 e. The van der Waals surface area contributed by atoms with Crippen LogP contribution in [0.2, 0.25) is 0 Å². The van der Waals surface area contributed by atoms with Crippen molar-refractivity contribution in [2.24, 2.45) is 0 Å². The Bertz CT molecular complexity index is 540. The Balaban J connectivity index is 1.88. The fourth-order valence-electron chi connectivity index (χ4n) is 2.34. The fraction of sp³-hybridized carbons (Fsp3) is 0.385. The molecule has 1 aliphatic heterocycles. The number of nitrogens with zero attached hydrogens (tertiary/aromatic N) is 2. The fourth-order valence-corrected chi connectivity index (χ4v) is 2.34. The Morgan fingerprint density at radius 2 is 2.12 bits per heavy atom. The van der Waals surface area contributed by atoms with Crippen LogP contribution in [0.15, 0.2) is 24.5 Å². The van der Waals surface area contributed by atoms with Crippen molar-refractivity contribution in [3.63, 3.8) is 0 Å². The molecule has 2 aromatic heterocycles. The second-order valence-corrected chi connectivity index (χ2v) is 4.49. The number of amides is 1. The Hall–Kier alpha value is -1.84. The van der Waals surface area contributed by atoms with Gasteiger partial charge in [-0.2, -0.15) is 0 Å². The standard InChI is InChI=1S/C13H15N3O/c17-13(16-6-2-1-3-7-16)11-8-10-4-5-14-12(10)15-9-11/h4-5,8-9H,1-3,6-7H2,(H,14,15). The largest absolute Gasteiger partial charge is 0.346 e. The van der Waals surface area contributed by atoms with Gasteiger partial charge in [-0.05, 0) is 31.4 Å². The minimum Gasteiger partial charge on any atom is -0.346 e. The van der Waals surface area contributed by atoms with E-state index in [1.807, 2.05) is 23.2 Å². The molecule has 1 aliphatic rings. The van der Waals surface area contributed by atoms with E-state index >= 15 is 0 Å². The number of piperidine rings is 1. The third-order valence-corrected chi connectivity index (χ3v) is 3.29. The number of likely N-dealkylation sites (tertiary alicyclic amines) is 1. The zero-order valence-electron chi connectivity index (χ0n) is 9.65. The number of H-pyrrole nitrogens is 1. The summed E-state index contributed by atoms with van der Waals surface area (Å²) >= 11 is 0. The molecule has 0 saturated carbocycles. The number of rotatable bonds is 1. The van der Waals surface area contributed by atoms with Crippen molar-refractivity contribution in [2.45, 2.75) is 19.3 Å². The summed E-state index contributed by atoms with van der Waals surface area (Å²) in [6, 6.07) is 3.85. The van der Waals surface area contributed by atoms with Crippen LogP contribution in [0.25, 0.3) is 11.0 Å². The number of aromatic nitrogens is 2. The maximum atomic E-state index is 12.2. The third kappa shape index (κ3) is 1.90. The first kappa shape index (κ1) is 10.3. The molecule has 4 heteroatoms. The first-order chi connectivity index (χ1) is 8.34. The summed E-state index contributed by atoms with van der Waals surface area (Å²) in [6.07, 6.45) is 6.97. The zero-order chi connectivity index (χ0) is 11.7. The number of aromatic amines is 1. The highest BCUT2D eigenvalue weighted by molar-refractivity contribution is 5.96. The van der Waals surface area contributed by atoms with Crippen molar-refractivity contribution in [3.05, 3.63) is 30.1 Å². The van der Waals surface area contributed by atoms with Gasteiger partial charge in [0.1, 0.15) is 5.65 Å². The Labute approximate surface area is 99.6 Å². The minimum absolute atomic E-state index is 0.111. The summed E-state index contributed by atoms with van der Waals surface area (Å²) < 4.78 is 0. The first-order valence-corrected chi connectivity index (χ1v) is 6.07. The van der Waals surface area contributed by atoms with Gasteiger partial charge >= 0.3 is 0 Å². The highest BCUT2D eigenvalue weighted by Crippen LogP contribution is 2.16. The number of carbonyl (C=O) groups is 1. The molecule has 1 fully saturated rings. The molecule has 0 atom stereocenters. The van der Waals surface area contributed by atoms with E-state index in [-0.39, 0.29) is 5.91 Å². The molecule has 17 heavy (non-hydrogen) atoms. The average molecular weight is 229 g/mol. The van der Waals surface area contributed by atoms with Crippen molar-refractivity contribution in [2.75, 3.05) is 13.1 Å². The van der Waals surface area contributed by atoms with Crippen LogP contribution in [0.4, 0.5) is 0 Å². The van der Waals surface area contributed by atoms with Gasteiger partial charge in [-0.25, -0.2) is 4.98 Å². The highest BCUT2D eigenvalue weighted by atomic mass is 16.2. The van der Waals surface area contributed by atoms with Crippen molar-refractivity contribution in [1.29, 1.82) is 0 Å². The number of hydrogen-bond donors (Lipinski definition) is 1. The van der Waals surface area contributed by atoms with E-state index in [9.17, 15) is 4.79 Å². The van der Waals surface area contributed by atoms with Crippen LogP contribution in [0.3, 0.4) is 0 Å². The van der Waals surface area contributed by atoms with E-state index < -0.39 is 0 Å². The molecule has 1 saturated heterocycles. The summed E-state index contributed by atoms with van der Waals surface area (Å²) in [7, 11) is 0. The van der Waals surface area contributed by atoms with Gasteiger partial charge in [0, 0.05) is 30.9 Å². The predicted molar refractivity (Wildman–Crippen MR) is 65.8 cm³/mol. The summed E-state index contributed by atoms with van der Waals surface area (Å²) in [5.74, 6) is 0.111. The average Bonchev–Trinajstić information content (AvgIpc) is 2.86. The van der Waals surface area contributed by atoms with Crippen LogP contribution < -0.4 is 0 Å². The molecule has 3 heterocycles. The molecule has 0 bridgehead atoms. The summed E-state index contributed by atoms with van der Waals surface area (Å²) in [6.45, 7) is 1.76. The number of carbonyl (C=O) groups excluding carboxylic acids is 1. The van der Waals surface area contributed by atoms with Crippen LogP contribution in [-0.4, -0.2) is 33.9 Å². The molecule has 0 spiro atoms. The zero-order valence-corrected chi connectivity index (χ0v) is 9.65.